The molecular formula is C19H17N5O3S. The summed E-state index contributed by atoms with van der Waals surface area (Å²) in [6.45, 7) is 5.26. The van der Waals surface area contributed by atoms with Gasteiger partial charge in [0.05, 0.1) is 5.69 Å². The third-order valence-electron chi connectivity index (χ3n) is 4.55. The van der Waals surface area contributed by atoms with Crippen LogP contribution in [0.2, 0.25) is 0 Å². The second-order valence-corrected chi connectivity index (χ2v) is 7.81. The van der Waals surface area contributed by atoms with E-state index in [4.69, 9.17) is 0 Å². The number of amides is 2. The molecule has 3 heterocycles. The van der Waals surface area contributed by atoms with Crippen LogP contribution in [0.3, 0.4) is 0 Å². The van der Waals surface area contributed by atoms with Crippen LogP contribution in [0, 0.1) is 13.8 Å². The Morgan fingerprint density at radius 2 is 1.86 bits per heavy atom. The number of Topliss-reactive ketones (excluding diaryl/α,β-unsaturated/α-hetero) is 1. The molecule has 0 bridgehead atoms. The van der Waals surface area contributed by atoms with Crippen molar-refractivity contribution in [1.29, 1.82) is 0 Å². The molecule has 1 aromatic carbocycles. The molecule has 1 fully saturated rings. The molecule has 1 aliphatic heterocycles. The fourth-order valence-corrected chi connectivity index (χ4v) is 4.32. The molecule has 4 rings (SSSR count). The second-order valence-electron chi connectivity index (χ2n) is 6.64. The van der Waals surface area contributed by atoms with Gasteiger partial charge in [0.25, 0.3) is 5.78 Å². The Balaban J connectivity index is 1.60. The number of hydrogen-bond donors (Lipinski definition) is 0. The minimum atomic E-state index is -0.590. The highest BCUT2D eigenvalue weighted by atomic mass is 32.2. The van der Waals surface area contributed by atoms with E-state index in [0.29, 0.717) is 22.2 Å². The largest absolute Gasteiger partial charge is 0.295 e. The lowest BCUT2D eigenvalue weighted by Crippen LogP contribution is -2.31. The summed E-state index contributed by atoms with van der Waals surface area (Å²) >= 11 is 1.21. The maximum Gasteiger partial charge on any atom is 0.256 e. The normalized spacial score (nSPS) is 17.0. The zero-order valence-corrected chi connectivity index (χ0v) is 16.4. The number of thioether (sulfide) groups is 1. The minimum absolute atomic E-state index is 0.0723. The number of aromatic nitrogens is 4. The summed E-state index contributed by atoms with van der Waals surface area (Å²) < 4.78 is 1.78. The summed E-state index contributed by atoms with van der Waals surface area (Å²) in [5.41, 5.74) is 2.73. The van der Waals surface area contributed by atoms with Crippen molar-refractivity contribution >= 4 is 40.8 Å². The molecule has 0 radical (unpaired) electrons. The highest BCUT2D eigenvalue weighted by Crippen LogP contribution is 2.33. The summed E-state index contributed by atoms with van der Waals surface area (Å²) in [6.07, 6.45) is 0.0746. The quantitative estimate of drug-likeness (QED) is 0.494. The van der Waals surface area contributed by atoms with Gasteiger partial charge < -0.3 is 0 Å². The first-order valence-corrected chi connectivity index (χ1v) is 9.57. The average molecular weight is 395 g/mol. The Kier molecular flexibility index (Phi) is 4.46. The second kappa shape index (κ2) is 6.83. The molecule has 1 saturated heterocycles. The van der Waals surface area contributed by atoms with Gasteiger partial charge in [0, 0.05) is 23.4 Å². The van der Waals surface area contributed by atoms with Crippen LogP contribution in [0.1, 0.15) is 35.1 Å². The first-order chi connectivity index (χ1) is 13.3. The van der Waals surface area contributed by atoms with E-state index in [1.807, 2.05) is 19.9 Å². The Hall–Kier alpha value is -3.07. The van der Waals surface area contributed by atoms with E-state index in [1.165, 1.54) is 23.6 Å². The Labute approximate surface area is 165 Å². The van der Waals surface area contributed by atoms with Gasteiger partial charge in [0.15, 0.2) is 10.9 Å². The van der Waals surface area contributed by atoms with Gasteiger partial charge in [-0.2, -0.15) is 0 Å². The van der Waals surface area contributed by atoms with Crippen LogP contribution in [0.25, 0.3) is 5.78 Å². The average Bonchev–Trinajstić information content (AvgIpc) is 3.16. The van der Waals surface area contributed by atoms with Crippen molar-refractivity contribution in [2.45, 2.75) is 37.6 Å². The van der Waals surface area contributed by atoms with E-state index >= 15 is 0 Å². The van der Waals surface area contributed by atoms with E-state index in [2.05, 4.69) is 15.2 Å². The summed E-state index contributed by atoms with van der Waals surface area (Å²) in [5, 5.41) is 8.15. The van der Waals surface area contributed by atoms with Gasteiger partial charge in [-0.15, -0.1) is 10.2 Å². The zero-order chi connectivity index (χ0) is 20.0. The van der Waals surface area contributed by atoms with Crippen LogP contribution in [-0.2, 0) is 9.59 Å². The highest BCUT2D eigenvalue weighted by molar-refractivity contribution is 8.00. The van der Waals surface area contributed by atoms with Crippen LogP contribution in [-0.4, -0.2) is 42.4 Å². The number of benzene rings is 1. The van der Waals surface area contributed by atoms with Gasteiger partial charge in [-0.3, -0.25) is 18.8 Å². The number of fused-ring (bicyclic) bond motifs is 1. The number of hydrogen-bond acceptors (Lipinski definition) is 7. The molecule has 142 valence electrons. The first-order valence-electron chi connectivity index (χ1n) is 8.69. The topological polar surface area (TPSA) is 97.5 Å². The van der Waals surface area contributed by atoms with E-state index in [-0.39, 0.29) is 24.0 Å². The van der Waals surface area contributed by atoms with Gasteiger partial charge in [0.2, 0.25) is 11.8 Å². The number of carbonyl (C=O) groups excluding carboxylic acids is 3. The minimum Gasteiger partial charge on any atom is -0.295 e. The van der Waals surface area contributed by atoms with E-state index in [9.17, 15) is 14.4 Å². The maximum absolute atomic E-state index is 12.9. The van der Waals surface area contributed by atoms with E-state index in [0.717, 1.165) is 11.4 Å². The van der Waals surface area contributed by atoms with Gasteiger partial charge in [0.1, 0.15) is 5.25 Å². The van der Waals surface area contributed by atoms with Crippen molar-refractivity contribution in [2.75, 3.05) is 4.90 Å². The molecule has 0 aliphatic carbocycles. The lowest BCUT2D eigenvalue weighted by Gasteiger charge is -2.15. The number of imide groups is 1. The van der Waals surface area contributed by atoms with E-state index in [1.54, 1.807) is 28.7 Å². The third kappa shape index (κ3) is 3.07. The fourth-order valence-electron chi connectivity index (χ4n) is 3.22. The van der Waals surface area contributed by atoms with Gasteiger partial charge in [-0.1, -0.05) is 11.8 Å². The molecule has 1 aliphatic rings. The zero-order valence-electron chi connectivity index (χ0n) is 15.5. The lowest BCUT2D eigenvalue weighted by molar-refractivity contribution is -0.121. The lowest BCUT2D eigenvalue weighted by atomic mass is 10.1. The summed E-state index contributed by atoms with van der Waals surface area (Å²) in [6, 6.07) is 8.36. The Bertz CT molecular complexity index is 1120. The predicted octanol–water partition coefficient (Wildman–Crippen LogP) is 2.37. The molecule has 2 amide bonds. The SMILES string of the molecule is CC(=O)c1ccc(N2C(=O)CC(Sc3nnc4nc(C)cc(C)n34)C2=O)cc1. The van der Waals surface area contributed by atoms with Gasteiger partial charge in [-0.25, -0.2) is 9.88 Å². The number of nitrogens with zero attached hydrogens (tertiary/aromatic N) is 5. The van der Waals surface area contributed by atoms with Crippen LogP contribution >= 0.6 is 11.8 Å². The molecule has 8 nitrogen and oxygen atoms in total. The van der Waals surface area contributed by atoms with Gasteiger partial charge in [-0.05, 0) is 51.1 Å². The molecule has 0 saturated carbocycles. The van der Waals surface area contributed by atoms with Crippen molar-refractivity contribution in [1.82, 2.24) is 19.6 Å². The molecule has 0 spiro atoms. The van der Waals surface area contributed by atoms with Crippen LogP contribution in [0.4, 0.5) is 5.69 Å². The molecule has 1 atom stereocenters. The van der Waals surface area contributed by atoms with Gasteiger partial charge >= 0.3 is 0 Å². The van der Waals surface area contributed by atoms with Crippen LogP contribution in [0.5, 0.6) is 0 Å². The molecule has 28 heavy (non-hydrogen) atoms. The van der Waals surface area contributed by atoms with Crippen molar-refractivity contribution < 1.29 is 14.4 Å². The monoisotopic (exact) mass is 395 g/mol. The Morgan fingerprint density at radius 3 is 2.54 bits per heavy atom. The Morgan fingerprint density at radius 1 is 1.14 bits per heavy atom. The number of carbonyl (C=O) groups is 3. The number of ketones is 1. The highest BCUT2D eigenvalue weighted by Gasteiger charge is 2.41. The maximum atomic E-state index is 12.9. The molecule has 3 aromatic rings. The van der Waals surface area contributed by atoms with Crippen molar-refractivity contribution in [3.63, 3.8) is 0 Å². The molecule has 2 aromatic heterocycles. The van der Waals surface area contributed by atoms with Crippen LogP contribution in [0.15, 0.2) is 35.5 Å². The smallest absolute Gasteiger partial charge is 0.256 e. The number of rotatable bonds is 4. The summed E-state index contributed by atoms with van der Waals surface area (Å²) in [7, 11) is 0. The number of anilines is 1. The molecular weight excluding hydrogens is 378 g/mol. The van der Waals surface area contributed by atoms with Crippen molar-refractivity contribution in [2.24, 2.45) is 0 Å². The standard InChI is InChI=1S/C19H17N5O3S/c1-10-8-11(2)23-18(20-10)21-22-19(23)28-15-9-16(26)24(17(15)27)14-6-4-13(5-7-14)12(3)25/h4-8,15H,9H2,1-3H3. The molecule has 9 heteroatoms. The predicted molar refractivity (Wildman–Crippen MR) is 103 cm³/mol. The fraction of sp³-hybridized carbons (Fsp3) is 0.263. The van der Waals surface area contributed by atoms with E-state index < -0.39 is 5.25 Å². The first kappa shape index (κ1) is 18.3. The van der Waals surface area contributed by atoms with Crippen molar-refractivity contribution in [3.8, 4) is 0 Å². The van der Waals surface area contributed by atoms with Crippen LogP contribution < -0.4 is 4.90 Å². The summed E-state index contributed by atoms with van der Waals surface area (Å²) in [5.74, 6) is -0.192. The number of aryl methyl sites for hydroxylation is 2. The summed E-state index contributed by atoms with van der Waals surface area (Å²) in [4.78, 5) is 42.3. The molecule has 0 N–H and O–H groups in total. The van der Waals surface area contributed by atoms with Crippen molar-refractivity contribution in [3.05, 3.63) is 47.3 Å². The third-order valence-corrected chi connectivity index (χ3v) is 5.68. The molecule has 1 unspecified atom stereocenters.